The van der Waals surface area contributed by atoms with Gasteiger partial charge in [0.25, 0.3) is 11.8 Å². The molecule has 3 atom stereocenters. The van der Waals surface area contributed by atoms with Gasteiger partial charge in [-0.2, -0.15) is 0 Å². The number of rotatable bonds is 9. The number of carbonyl (C=O) groups is 3. The second-order valence-electron chi connectivity index (χ2n) is 13.8. The molecule has 1 aliphatic heterocycles. The molecular formula is C37H47ClN10O3. The third-order valence-corrected chi connectivity index (χ3v) is 9.93. The molecule has 14 heteroatoms. The summed E-state index contributed by atoms with van der Waals surface area (Å²) in [6, 6.07) is 16.1. The lowest BCUT2D eigenvalue weighted by molar-refractivity contribution is -0.130. The number of carbonyl (C=O) groups excluding carboxylic acids is 3. The van der Waals surface area contributed by atoms with E-state index in [1.54, 1.807) is 30.5 Å². The molecule has 2 aliphatic rings. The molecule has 2 fully saturated rings. The number of piperazine rings is 1. The first-order valence-electron chi connectivity index (χ1n) is 17.4. The first kappa shape index (κ1) is 37.7. The van der Waals surface area contributed by atoms with Crippen LogP contribution in [0.4, 0.5) is 5.69 Å². The van der Waals surface area contributed by atoms with Gasteiger partial charge in [0.1, 0.15) is 5.69 Å². The second-order valence-corrected chi connectivity index (χ2v) is 13.8. The summed E-state index contributed by atoms with van der Waals surface area (Å²) in [4.78, 5) is 48.9. The number of aryl methyl sites for hydroxylation is 1. The molecule has 270 valence electrons. The Balaban J connectivity index is 0.00000504. The molecule has 1 saturated carbocycles. The van der Waals surface area contributed by atoms with E-state index < -0.39 is 11.9 Å². The number of halogens is 1. The van der Waals surface area contributed by atoms with E-state index in [0.29, 0.717) is 55.6 Å². The van der Waals surface area contributed by atoms with E-state index in [1.165, 1.54) is 4.90 Å². The summed E-state index contributed by atoms with van der Waals surface area (Å²) >= 11 is 0. The Morgan fingerprint density at radius 1 is 0.961 bits per heavy atom. The zero-order chi connectivity index (χ0) is 35.4. The van der Waals surface area contributed by atoms with Gasteiger partial charge in [-0.25, -0.2) is 10.00 Å². The van der Waals surface area contributed by atoms with Crippen molar-refractivity contribution >= 4 is 35.8 Å². The first-order valence-corrected chi connectivity index (χ1v) is 17.4. The van der Waals surface area contributed by atoms with Crippen molar-refractivity contribution in [2.24, 2.45) is 23.3 Å². The van der Waals surface area contributed by atoms with Gasteiger partial charge >= 0.3 is 0 Å². The van der Waals surface area contributed by atoms with E-state index in [2.05, 4.69) is 44.8 Å². The van der Waals surface area contributed by atoms with Crippen molar-refractivity contribution in [1.82, 2.24) is 35.8 Å². The summed E-state index contributed by atoms with van der Waals surface area (Å²) in [7, 11) is 0. The number of pyridine rings is 1. The topological polar surface area (TPSA) is 189 Å². The SMILES string of the molecule is Cc1cc(C(=O)N2CC(C)NC(C)C2)ncc1-c1ccc(C[C@H](N)C(=O)N(c2ccc(-c3nnn[nH]3)cc2)C(=O)[C@H]2CC[C@H](CN)CC2)cc1.Cl. The molecule has 6 rings (SSSR count). The maximum atomic E-state index is 14.0. The molecule has 1 aliphatic carbocycles. The van der Waals surface area contributed by atoms with Crippen molar-refractivity contribution in [2.75, 3.05) is 24.5 Å². The lowest BCUT2D eigenvalue weighted by Gasteiger charge is -2.36. The van der Waals surface area contributed by atoms with Crippen molar-refractivity contribution in [3.8, 4) is 22.5 Å². The molecule has 0 bridgehead atoms. The van der Waals surface area contributed by atoms with Gasteiger partial charge in [-0.05, 0) is 123 Å². The molecule has 6 N–H and O–H groups in total. The third kappa shape index (κ3) is 8.67. The van der Waals surface area contributed by atoms with Crippen molar-refractivity contribution < 1.29 is 14.4 Å². The van der Waals surface area contributed by atoms with Gasteiger partial charge in [0.2, 0.25) is 5.91 Å². The summed E-state index contributed by atoms with van der Waals surface area (Å²) in [5.41, 5.74) is 17.7. The van der Waals surface area contributed by atoms with Crippen LogP contribution in [0, 0.1) is 18.8 Å². The van der Waals surface area contributed by atoms with Crippen LogP contribution in [0.1, 0.15) is 61.1 Å². The summed E-state index contributed by atoms with van der Waals surface area (Å²) in [5, 5.41) is 17.4. The largest absolute Gasteiger partial charge is 0.334 e. The average Bonchev–Trinajstić information content (AvgIpc) is 3.67. The Morgan fingerprint density at radius 3 is 2.20 bits per heavy atom. The second kappa shape index (κ2) is 16.6. The van der Waals surface area contributed by atoms with Crippen LogP contribution in [-0.2, 0) is 16.0 Å². The van der Waals surface area contributed by atoms with Crippen LogP contribution < -0.4 is 21.7 Å². The molecule has 2 unspecified atom stereocenters. The Bertz CT molecular complexity index is 1780. The summed E-state index contributed by atoms with van der Waals surface area (Å²) in [6.45, 7) is 8.02. The van der Waals surface area contributed by atoms with Crippen LogP contribution in [0.25, 0.3) is 22.5 Å². The number of amides is 3. The maximum Gasteiger partial charge on any atom is 0.272 e. The van der Waals surface area contributed by atoms with E-state index >= 15 is 0 Å². The predicted octanol–water partition coefficient (Wildman–Crippen LogP) is 3.68. The Morgan fingerprint density at radius 2 is 1.61 bits per heavy atom. The number of aromatic amines is 1. The number of H-pyrrole nitrogens is 1. The zero-order valence-corrected chi connectivity index (χ0v) is 30.1. The van der Waals surface area contributed by atoms with Crippen molar-refractivity contribution in [3.05, 3.63) is 77.6 Å². The minimum atomic E-state index is -0.951. The number of tetrazole rings is 1. The molecule has 2 aromatic heterocycles. The van der Waals surface area contributed by atoms with Gasteiger partial charge in [0, 0.05) is 48.4 Å². The normalized spacial score (nSPS) is 21.0. The highest BCUT2D eigenvalue weighted by molar-refractivity contribution is 6.17. The van der Waals surface area contributed by atoms with E-state index in [9.17, 15) is 14.4 Å². The quantitative estimate of drug-likeness (QED) is 0.199. The lowest BCUT2D eigenvalue weighted by Crippen LogP contribution is -2.55. The highest BCUT2D eigenvalue weighted by atomic mass is 35.5. The molecule has 2 aromatic carbocycles. The number of hydrogen-bond acceptors (Lipinski definition) is 10. The van der Waals surface area contributed by atoms with E-state index in [4.69, 9.17) is 11.5 Å². The number of nitrogens with two attached hydrogens (primary N) is 2. The van der Waals surface area contributed by atoms with Crippen LogP contribution in [-0.4, -0.2) is 86.0 Å². The lowest BCUT2D eigenvalue weighted by atomic mass is 9.81. The maximum absolute atomic E-state index is 14.0. The molecule has 1 saturated heterocycles. The predicted molar refractivity (Wildman–Crippen MR) is 198 cm³/mol. The van der Waals surface area contributed by atoms with Crippen LogP contribution in [0.15, 0.2) is 60.8 Å². The van der Waals surface area contributed by atoms with Crippen molar-refractivity contribution in [2.45, 2.75) is 71.0 Å². The van der Waals surface area contributed by atoms with E-state index in [-0.39, 0.29) is 48.6 Å². The van der Waals surface area contributed by atoms with Crippen LogP contribution >= 0.6 is 12.4 Å². The standard InChI is InChI=1S/C37H46N10O3.ClH/c1-22-16-33(37(50)46-20-23(2)41-24(3)21-46)40-19-31(22)27-8-4-25(5-9-27)17-32(39)36(49)47(35(48)29-10-6-26(18-38)7-11-29)30-14-12-28(13-15-30)34-42-44-45-43-34;/h4-5,8-9,12-16,19,23-24,26,29,32,41H,6-7,10-11,17-18,20-21,38-39H2,1-3H3,(H,42,43,44,45);1H/t23?,24?,26-,29-,32-;/m0./s1. The summed E-state index contributed by atoms with van der Waals surface area (Å²) in [6.07, 6.45) is 5.07. The number of nitrogens with one attached hydrogen (secondary N) is 2. The van der Waals surface area contributed by atoms with Crippen molar-refractivity contribution in [3.63, 3.8) is 0 Å². The Labute approximate surface area is 304 Å². The number of anilines is 1. The summed E-state index contributed by atoms with van der Waals surface area (Å²) in [5.74, 6) is -0.162. The minimum Gasteiger partial charge on any atom is -0.334 e. The zero-order valence-electron chi connectivity index (χ0n) is 29.3. The highest BCUT2D eigenvalue weighted by Gasteiger charge is 2.35. The average molecular weight is 715 g/mol. The fourth-order valence-electron chi connectivity index (χ4n) is 7.20. The molecule has 4 aromatic rings. The Hall–Kier alpha value is -4.56. The van der Waals surface area contributed by atoms with Crippen molar-refractivity contribution in [1.29, 1.82) is 0 Å². The summed E-state index contributed by atoms with van der Waals surface area (Å²) < 4.78 is 0. The molecule has 3 amide bonds. The fourth-order valence-corrected chi connectivity index (χ4v) is 7.20. The van der Waals surface area contributed by atoms with Gasteiger partial charge in [-0.1, -0.05) is 24.3 Å². The monoisotopic (exact) mass is 714 g/mol. The van der Waals surface area contributed by atoms with E-state index in [0.717, 1.165) is 40.7 Å². The third-order valence-electron chi connectivity index (χ3n) is 9.93. The van der Waals surface area contributed by atoms with Gasteiger partial charge in [-0.3, -0.25) is 19.4 Å². The molecule has 51 heavy (non-hydrogen) atoms. The van der Waals surface area contributed by atoms with Crippen LogP contribution in [0.3, 0.4) is 0 Å². The molecule has 3 heterocycles. The van der Waals surface area contributed by atoms with Gasteiger partial charge in [-0.15, -0.1) is 17.5 Å². The number of nitrogens with zero attached hydrogens (tertiary/aromatic N) is 6. The highest BCUT2D eigenvalue weighted by Crippen LogP contribution is 2.32. The number of benzene rings is 2. The number of imide groups is 1. The number of hydrogen-bond donors (Lipinski definition) is 4. The van der Waals surface area contributed by atoms with Gasteiger partial charge < -0.3 is 21.7 Å². The van der Waals surface area contributed by atoms with E-state index in [1.807, 2.05) is 42.2 Å². The first-order chi connectivity index (χ1) is 24.1. The molecule has 0 radical (unpaired) electrons. The number of aromatic nitrogens is 5. The smallest absolute Gasteiger partial charge is 0.272 e. The molecule has 13 nitrogen and oxygen atoms in total. The fraction of sp³-hybridized carbons (Fsp3) is 0.432. The minimum absolute atomic E-state index is 0. The van der Waals surface area contributed by atoms with Gasteiger partial charge in [0.05, 0.1) is 11.7 Å². The Kier molecular flexibility index (Phi) is 12.3. The molecule has 0 spiro atoms. The molecular weight excluding hydrogens is 668 g/mol. The van der Waals surface area contributed by atoms with Crippen LogP contribution in [0.5, 0.6) is 0 Å². The van der Waals surface area contributed by atoms with Crippen LogP contribution in [0.2, 0.25) is 0 Å². The van der Waals surface area contributed by atoms with Gasteiger partial charge in [0.15, 0.2) is 5.82 Å².